The van der Waals surface area contributed by atoms with E-state index in [0.717, 1.165) is 29.6 Å². The van der Waals surface area contributed by atoms with Crippen LogP contribution in [-0.4, -0.2) is 41.7 Å². The lowest BCUT2D eigenvalue weighted by Gasteiger charge is -2.24. The minimum atomic E-state index is -5.01. The standard InChI is InChI=1S/C21H19F3N4O2S2.C9H10N2/c1-12(17-18(29)28(20(25)32-17)11-13-6-4-3-5-7-13)27(2)15-10-14(8-9-16(15)31)26-19(30)21(22,23)24;1-2-11-9-5-3-8(7-10)4-6-9/h3-10,25,31H,11H2,1-2H3,(H,26,30);3-6,11H,2H2,1H3/b17-12+,25-20?;. The zero-order valence-corrected chi connectivity index (χ0v) is 25.2. The van der Waals surface area contributed by atoms with Gasteiger partial charge < -0.3 is 15.5 Å². The van der Waals surface area contributed by atoms with Crippen LogP contribution in [0.4, 0.5) is 30.2 Å². The molecule has 1 saturated heterocycles. The molecule has 0 radical (unpaired) electrons. The van der Waals surface area contributed by atoms with Gasteiger partial charge in [0.2, 0.25) is 0 Å². The quantitative estimate of drug-likeness (QED) is 0.169. The number of thioether (sulfide) groups is 1. The molecule has 0 bridgehead atoms. The highest BCUT2D eigenvalue weighted by Gasteiger charge is 2.39. The first-order chi connectivity index (χ1) is 20.3. The number of halogens is 3. The van der Waals surface area contributed by atoms with Gasteiger partial charge in [-0.25, -0.2) is 0 Å². The van der Waals surface area contributed by atoms with Crippen molar-refractivity contribution in [2.24, 2.45) is 0 Å². The van der Waals surface area contributed by atoms with E-state index in [4.69, 9.17) is 10.7 Å². The number of amides is 2. The summed E-state index contributed by atoms with van der Waals surface area (Å²) in [6, 6.07) is 22.9. The molecule has 1 aliphatic heterocycles. The van der Waals surface area contributed by atoms with Gasteiger partial charge >= 0.3 is 12.1 Å². The largest absolute Gasteiger partial charge is 0.471 e. The Morgan fingerprint density at radius 3 is 2.30 bits per heavy atom. The second kappa shape index (κ2) is 14.7. The number of allylic oxidation sites excluding steroid dienone is 1. The summed E-state index contributed by atoms with van der Waals surface area (Å²) in [6.07, 6.45) is -5.01. The first-order valence-electron chi connectivity index (χ1n) is 12.9. The maximum Gasteiger partial charge on any atom is 0.471 e. The van der Waals surface area contributed by atoms with E-state index >= 15 is 0 Å². The SMILES string of the molecule is C/C(=C1\SC(=N)N(Cc2ccccc2)C1=O)N(C)c1cc(NC(=O)C(F)(F)F)ccc1S.CCNc1ccc(C#N)cc1. The molecule has 1 fully saturated rings. The fourth-order valence-corrected chi connectivity index (χ4v) is 5.04. The number of nitriles is 1. The molecule has 0 saturated carbocycles. The van der Waals surface area contributed by atoms with E-state index in [-0.39, 0.29) is 23.3 Å². The molecule has 0 aliphatic carbocycles. The minimum absolute atomic E-state index is 0.0615. The van der Waals surface area contributed by atoms with E-state index in [2.05, 4.69) is 24.0 Å². The number of carbonyl (C=O) groups excluding carboxylic acids is 2. The van der Waals surface area contributed by atoms with Crippen molar-refractivity contribution in [1.29, 1.82) is 10.7 Å². The molecule has 3 aromatic carbocycles. The van der Waals surface area contributed by atoms with Gasteiger partial charge in [-0.15, -0.1) is 12.6 Å². The number of thiol groups is 1. The van der Waals surface area contributed by atoms with Crippen LogP contribution in [0.2, 0.25) is 0 Å². The molecule has 0 atom stereocenters. The van der Waals surface area contributed by atoms with Gasteiger partial charge in [0.1, 0.15) is 0 Å². The third-order valence-corrected chi connectivity index (χ3v) is 7.61. The Kier molecular flexibility index (Phi) is 11.3. The number of hydrogen-bond acceptors (Lipinski definition) is 8. The molecule has 0 spiro atoms. The minimum Gasteiger partial charge on any atom is -0.385 e. The molecule has 3 N–H and O–H groups in total. The molecule has 2 amide bonds. The van der Waals surface area contributed by atoms with E-state index in [0.29, 0.717) is 26.7 Å². The zero-order chi connectivity index (χ0) is 31.7. The lowest BCUT2D eigenvalue weighted by atomic mass is 10.2. The van der Waals surface area contributed by atoms with E-state index in [1.54, 1.807) is 31.0 Å². The summed E-state index contributed by atoms with van der Waals surface area (Å²) < 4.78 is 37.7. The van der Waals surface area contributed by atoms with Gasteiger partial charge in [0.25, 0.3) is 5.91 Å². The van der Waals surface area contributed by atoms with Gasteiger partial charge in [-0.1, -0.05) is 30.3 Å². The summed E-state index contributed by atoms with van der Waals surface area (Å²) in [6.45, 7) is 4.88. The number of hydrogen-bond donors (Lipinski definition) is 4. The first-order valence-corrected chi connectivity index (χ1v) is 14.1. The van der Waals surface area contributed by atoms with Gasteiger partial charge in [0.15, 0.2) is 5.17 Å². The third-order valence-electron chi connectivity index (χ3n) is 6.15. The van der Waals surface area contributed by atoms with Gasteiger partial charge in [0, 0.05) is 35.6 Å². The number of alkyl halides is 3. The van der Waals surface area contributed by atoms with E-state index < -0.39 is 12.1 Å². The van der Waals surface area contributed by atoms with Crippen molar-refractivity contribution in [1.82, 2.24) is 4.90 Å². The van der Waals surface area contributed by atoms with Crippen molar-refractivity contribution in [3.05, 3.63) is 94.5 Å². The molecular formula is C30H29F3N6O2S2. The van der Waals surface area contributed by atoms with Gasteiger partial charge in [-0.2, -0.15) is 18.4 Å². The predicted octanol–water partition coefficient (Wildman–Crippen LogP) is 6.84. The summed E-state index contributed by atoms with van der Waals surface area (Å²) in [4.78, 5) is 27.9. The normalized spacial score (nSPS) is 14.0. The lowest BCUT2D eigenvalue weighted by Crippen LogP contribution is -2.30. The number of nitrogens with zero attached hydrogens (tertiary/aromatic N) is 3. The lowest BCUT2D eigenvalue weighted by molar-refractivity contribution is -0.167. The Bertz CT molecular complexity index is 1550. The predicted molar refractivity (Wildman–Crippen MR) is 167 cm³/mol. The summed E-state index contributed by atoms with van der Waals surface area (Å²) in [5.74, 6) is -2.42. The van der Waals surface area contributed by atoms with Crippen LogP contribution in [0.1, 0.15) is 25.0 Å². The Balaban J connectivity index is 0.000000386. The molecule has 3 aromatic rings. The molecule has 43 heavy (non-hydrogen) atoms. The summed E-state index contributed by atoms with van der Waals surface area (Å²) in [7, 11) is 1.63. The molecule has 0 unspecified atom stereocenters. The van der Waals surface area contributed by atoms with Crippen molar-refractivity contribution < 1.29 is 22.8 Å². The molecule has 4 rings (SSSR count). The van der Waals surface area contributed by atoms with Crippen molar-refractivity contribution in [2.75, 3.05) is 29.1 Å². The fourth-order valence-electron chi connectivity index (χ4n) is 3.82. The van der Waals surface area contributed by atoms with Crippen LogP contribution in [-0.2, 0) is 16.1 Å². The van der Waals surface area contributed by atoms with E-state index in [1.807, 2.05) is 54.7 Å². The highest BCUT2D eigenvalue weighted by Crippen LogP contribution is 2.37. The highest BCUT2D eigenvalue weighted by molar-refractivity contribution is 8.18. The van der Waals surface area contributed by atoms with Crippen LogP contribution < -0.4 is 15.5 Å². The molecular weight excluding hydrogens is 597 g/mol. The van der Waals surface area contributed by atoms with Crippen molar-refractivity contribution in [3.63, 3.8) is 0 Å². The van der Waals surface area contributed by atoms with Crippen LogP contribution >= 0.6 is 24.4 Å². The Morgan fingerprint density at radius 1 is 1.09 bits per heavy atom. The van der Waals surface area contributed by atoms with Crippen LogP contribution in [0, 0.1) is 16.7 Å². The average molecular weight is 627 g/mol. The van der Waals surface area contributed by atoms with Gasteiger partial charge in [-0.3, -0.25) is 19.9 Å². The monoisotopic (exact) mass is 626 g/mol. The summed E-state index contributed by atoms with van der Waals surface area (Å²) >= 11 is 5.36. The molecule has 0 aromatic heterocycles. The Morgan fingerprint density at radius 2 is 1.72 bits per heavy atom. The highest BCUT2D eigenvalue weighted by atomic mass is 32.2. The number of amidine groups is 1. The maximum atomic E-state index is 13.0. The van der Waals surface area contributed by atoms with Crippen LogP contribution in [0.25, 0.3) is 0 Å². The number of anilines is 3. The van der Waals surface area contributed by atoms with Crippen molar-refractivity contribution in [2.45, 2.75) is 31.5 Å². The second-order valence-corrected chi connectivity index (χ2v) is 10.6. The van der Waals surface area contributed by atoms with E-state index in [9.17, 15) is 22.8 Å². The van der Waals surface area contributed by atoms with Crippen LogP contribution in [0.5, 0.6) is 0 Å². The number of benzene rings is 3. The Labute approximate surface area is 257 Å². The number of nitrogens with one attached hydrogen (secondary N) is 3. The van der Waals surface area contributed by atoms with Gasteiger partial charge in [-0.05, 0) is 73.6 Å². The number of rotatable bonds is 7. The Hall–Kier alpha value is -4.41. The summed E-state index contributed by atoms with van der Waals surface area (Å²) in [5, 5.41) is 21.7. The zero-order valence-electron chi connectivity index (χ0n) is 23.5. The molecule has 1 heterocycles. The summed E-state index contributed by atoms with van der Waals surface area (Å²) in [5.41, 5.74) is 3.46. The fraction of sp³-hybridized carbons (Fsp3) is 0.200. The topological polar surface area (TPSA) is 112 Å². The molecule has 224 valence electrons. The van der Waals surface area contributed by atoms with Crippen molar-refractivity contribution in [3.8, 4) is 6.07 Å². The second-order valence-electron chi connectivity index (χ2n) is 9.13. The molecule has 8 nitrogen and oxygen atoms in total. The first kappa shape index (κ1) is 33.1. The number of carbonyl (C=O) groups is 2. The van der Waals surface area contributed by atoms with Crippen molar-refractivity contribution >= 4 is 58.4 Å². The van der Waals surface area contributed by atoms with Gasteiger partial charge in [0.05, 0.1) is 28.8 Å². The smallest absolute Gasteiger partial charge is 0.385 e. The third kappa shape index (κ3) is 8.79. The van der Waals surface area contributed by atoms with Crippen LogP contribution in [0.15, 0.2) is 88.3 Å². The average Bonchev–Trinajstić information content (AvgIpc) is 3.26. The van der Waals surface area contributed by atoms with E-state index in [1.165, 1.54) is 23.1 Å². The molecule has 1 aliphatic rings. The maximum absolute atomic E-state index is 13.0. The molecule has 13 heteroatoms. The van der Waals surface area contributed by atoms with Crippen LogP contribution in [0.3, 0.4) is 0 Å².